The summed E-state index contributed by atoms with van der Waals surface area (Å²) in [6.07, 6.45) is 0. The summed E-state index contributed by atoms with van der Waals surface area (Å²) in [7, 11) is 0. The maximum atomic E-state index is 10.2. The molecule has 96 valence electrons. The lowest BCUT2D eigenvalue weighted by Crippen LogP contribution is -1.99. The maximum absolute atomic E-state index is 10.2. The standard InChI is InChI=1S/C10HI7O/c11-3-1-2(4(12)8(16)7(3)15)6(14)10(18)9(17)5(1)13/h18H. The van der Waals surface area contributed by atoms with E-state index in [0.29, 0.717) is 5.75 Å². The zero-order valence-electron chi connectivity index (χ0n) is 8.09. The molecule has 8 heteroatoms. The highest BCUT2D eigenvalue weighted by Crippen LogP contribution is 2.44. The van der Waals surface area contributed by atoms with Gasteiger partial charge in [-0.2, -0.15) is 0 Å². The molecule has 0 unspecified atom stereocenters. The van der Waals surface area contributed by atoms with Crippen LogP contribution in [0.25, 0.3) is 10.8 Å². The van der Waals surface area contributed by atoms with Gasteiger partial charge in [-0.1, -0.05) is 0 Å². The molecule has 0 aliphatic rings. The number of rotatable bonds is 0. The Morgan fingerprint density at radius 3 is 1.22 bits per heavy atom. The van der Waals surface area contributed by atoms with E-state index < -0.39 is 0 Å². The number of benzene rings is 2. The molecule has 0 radical (unpaired) electrons. The number of halogens is 7. The first-order chi connectivity index (χ1) is 8.29. The van der Waals surface area contributed by atoms with E-state index in [1.54, 1.807) is 0 Å². The molecule has 1 nitrogen and oxygen atoms in total. The lowest BCUT2D eigenvalue weighted by atomic mass is 10.1. The van der Waals surface area contributed by atoms with Gasteiger partial charge in [0.05, 0.1) is 7.14 Å². The first kappa shape index (κ1) is 18.0. The number of phenols is 1. The van der Waals surface area contributed by atoms with Crippen molar-refractivity contribution in [2.75, 3.05) is 0 Å². The van der Waals surface area contributed by atoms with E-state index in [4.69, 9.17) is 0 Å². The van der Waals surface area contributed by atoms with Crippen LogP contribution in [0.4, 0.5) is 0 Å². The van der Waals surface area contributed by atoms with Gasteiger partial charge in [-0.15, -0.1) is 0 Å². The summed E-state index contributed by atoms with van der Waals surface area (Å²) in [5, 5.41) is 12.7. The summed E-state index contributed by atoms with van der Waals surface area (Å²) in [5.74, 6) is 0.402. The highest BCUT2D eigenvalue weighted by molar-refractivity contribution is 14.1. The second-order valence-corrected chi connectivity index (χ2v) is 10.8. The molecule has 0 saturated heterocycles. The van der Waals surface area contributed by atoms with Gasteiger partial charge in [-0.3, -0.25) is 0 Å². The summed E-state index contributed by atoms with van der Waals surface area (Å²) in [4.78, 5) is 0. The highest BCUT2D eigenvalue weighted by Gasteiger charge is 2.22. The minimum absolute atomic E-state index is 0.402. The van der Waals surface area contributed by atoms with Crippen molar-refractivity contribution < 1.29 is 5.11 Å². The molecule has 2 aromatic rings. The van der Waals surface area contributed by atoms with Crippen LogP contribution in [0.1, 0.15) is 0 Å². The summed E-state index contributed by atoms with van der Waals surface area (Å²) < 4.78 is 8.08. The van der Waals surface area contributed by atoms with E-state index in [1.165, 1.54) is 25.1 Å². The van der Waals surface area contributed by atoms with Gasteiger partial charge in [0.15, 0.2) is 0 Å². The normalized spacial score (nSPS) is 11.3. The molecule has 0 amide bonds. The Kier molecular flexibility index (Phi) is 7.00. The predicted molar refractivity (Wildman–Crippen MR) is 135 cm³/mol. The van der Waals surface area contributed by atoms with E-state index in [9.17, 15) is 5.11 Å². The number of aromatic hydroxyl groups is 1. The van der Waals surface area contributed by atoms with Crippen molar-refractivity contribution in [2.45, 2.75) is 0 Å². The third kappa shape index (κ3) is 3.00. The fourth-order valence-corrected chi connectivity index (χ4v) is 8.89. The van der Waals surface area contributed by atoms with E-state index >= 15 is 0 Å². The minimum Gasteiger partial charge on any atom is -0.506 e. The minimum atomic E-state index is 0.402. The van der Waals surface area contributed by atoms with Crippen LogP contribution in [0.5, 0.6) is 5.75 Å². The fraction of sp³-hybridized carbons (Fsp3) is 0. The van der Waals surface area contributed by atoms with Gasteiger partial charge in [0.2, 0.25) is 0 Å². The zero-order chi connectivity index (χ0) is 13.8. The third-order valence-corrected chi connectivity index (χ3v) is 13.9. The molecule has 0 fully saturated rings. The van der Waals surface area contributed by atoms with E-state index in [1.807, 2.05) is 0 Å². The molecule has 0 aliphatic carbocycles. The van der Waals surface area contributed by atoms with Crippen molar-refractivity contribution in [1.82, 2.24) is 0 Å². The summed E-state index contributed by atoms with van der Waals surface area (Å²) in [6, 6.07) is 0. The second kappa shape index (κ2) is 7.02. The Balaban J connectivity index is 3.22. The number of fused-ring (bicyclic) bond motifs is 1. The van der Waals surface area contributed by atoms with E-state index in [-0.39, 0.29) is 0 Å². The first-order valence-corrected chi connectivity index (χ1v) is 11.8. The molecule has 18 heavy (non-hydrogen) atoms. The Morgan fingerprint density at radius 2 is 0.778 bits per heavy atom. The lowest BCUT2D eigenvalue weighted by molar-refractivity contribution is 0.468. The van der Waals surface area contributed by atoms with Gasteiger partial charge in [0.1, 0.15) is 5.75 Å². The number of phenolic OH excluding ortho intramolecular Hbond substituents is 1. The van der Waals surface area contributed by atoms with Crippen LogP contribution in [0.3, 0.4) is 0 Å². The summed E-state index contributed by atoms with van der Waals surface area (Å²) >= 11 is 16.4. The van der Waals surface area contributed by atoms with Crippen molar-refractivity contribution in [3.8, 4) is 5.75 Å². The van der Waals surface area contributed by atoms with Crippen molar-refractivity contribution in [1.29, 1.82) is 0 Å². The van der Waals surface area contributed by atoms with E-state index in [2.05, 4.69) is 158 Å². The van der Waals surface area contributed by atoms with Crippen LogP contribution in [0.2, 0.25) is 0 Å². The van der Waals surface area contributed by atoms with Crippen LogP contribution in [0, 0.1) is 25.0 Å². The molecule has 1 N–H and O–H groups in total. The average Bonchev–Trinajstić information content (AvgIpc) is 2.35. The predicted octanol–water partition coefficient (Wildman–Crippen LogP) is 6.78. The average molecular weight is 1030 g/mol. The van der Waals surface area contributed by atoms with Gasteiger partial charge >= 0.3 is 0 Å². The molecule has 0 atom stereocenters. The largest absolute Gasteiger partial charge is 0.506 e. The quantitative estimate of drug-likeness (QED) is 0.176. The van der Waals surface area contributed by atoms with Crippen LogP contribution in [-0.2, 0) is 0 Å². The van der Waals surface area contributed by atoms with Gasteiger partial charge in [0.25, 0.3) is 0 Å². The Bertz CT molecular complexity index is 567. The molecule has 0 aromatic heterocycles. The van der Waals surface area contributed by atoms with Crippen molar-refractivity contribution >= 4 is 169 Å². The Hall–Kier alpha value is 3.61. The van der Waals surface area contributed by atoms with Crippen molar-refractivity contribution in [2.24, 2.45) is 0 Å². The lowest BCUT2D eigenvalue weighted by Gasteiger charge is -2.15. The molecule has 2 rings (SSSR count). The van der Waals surface area contributed by atoms with Gasteiger partial charge < -0.3 is 5.11 Å². The van der Waals surface area contributed by atoms with Gasteiger partial charge in [0, 0.05) is 28.6 Å². The van der Waals surface area contributed by atoms with Crippen LogP contribution < -0.4 is 0 Å². The zero-order valence-corrected chi connectivity index (χ0v) is 23.2. The number of hydrogen-bond acceptors (Lipinski definition) is 1. The fourth-order valence-electron chi connectivity index (χ4n) is 1.47. The summed E-state index contributed by atoms with van der Waals surface area (Å²) in [5.41, 5.74) is 0. The topological polar surface area (TPSA) is 20.2 Å². The molecule has 0 heterocycles. The first-order valence-electron chi connectivity index (χ1n) is 4.30. The van der Waals surface area contributed by atoms with Gasteiger partial charge in [-0.25, -0.2) is 0 Å². The SMILES string of the molecule is Oc1c(I)c(I)c2c(I)c(I)c(I)c(I)c2c1I. The Labute approximate surface area is 200 Å². The smallest absolute Gasteiger partial charge is 0.143 e. The molecule has 0 spiro atoms. The van der Waals surface area contributed by atoms with Crippen LogP contribution >= 0.6 is 158 Å². The van der Waals surface area contributed by atoms with Crippen LogP contribution in [0.15, 0.2) is 0 Å². The second-order valence-electron chi connectivity index (χ2n) is 3.30. The molecule has 0 bridgehead atoms. The molecular weight excluding hydrogens is 1020 g/mol. The third-order valence-electron chi connectivity index (χ3n) is 2.31. The van der Waals surface area contributed by atoms with Crippen LogP contribution in [-0.4, -0.2) is 5.11 Å². The monoisotopic (exact) mass is 1030 g/mol. The molecule has 2 aromatic carbocycles. The van der Waals surface area contributed by atoms with Crippen molar-refractivity contribution in [3.05, 3.63) is 25.0 Å². The molecule has 0 saturated carbocycles. The van der Waals surface area contributed by atoms with Crippen molar-refractivity contribution in [3.63, 3.8) is 0 Å². The van der Waals surface area contributed by atoms with Gasteiger partial charge in [-0.05, 0) is 158 Å². The highest BCUT2D eigenvalue weighted by atomic mass is 127. The number of hydrogen-bond donors (Lipinski definition) is 1. The van der Waals surface area contributed by atoms with E-state index in [0.717, 1.165) is 10.7 Å². The molecule has 0 aliphatic heterocycles. The summed E-state index contributed by atoms with van der Waals surface area (Å²) in [6.45, 7) is 0. The maximum Gasteiger partial charge on any atom is 0.143 e. The molecular formula is C10HI7O. The Morgan fingerprint density at radius 1 is 0.444 bits per heavy atom.